The fraction of sp³-hybridized carbons (Fsp3) is 0.676. The number of carbonyl (C=O) groups is 2. The molecule has 3 unspecified atom stereocenters. The van der Waals surface area contributed by atoms with E-state index in [0.29, 0.717) is 12.8 Å². The second-order valence-electron chi connectivity index (χ2n) is 11.5. The highest BCUT2D eigenvalue weighted by Crippen LogP contribution is 2.43. The van der Waals surface area contributed by atoms with E-state index in [1.165, 1.54) is 38.5 Å². The maximum Gasteiger partial charge on any atom is 0.472 e. The fourth-order valence-electron chi connectivity index (χ4n) is 4.31. The maximum absolute atomic E-state index is 12.3. The number of aliphatic hydroxyl groups excluding tert-OH is 2. The van der Waals surface area contributed by atoms with Crippen LogP contribution in [0.2, 0.25) is 0 Å². The summed E-state index contributed by atoms with van der Waals surface area (Å²) in [6, 6.07) is 0. The number of ether oxygens (including phenoxy) is 2. The van der Waals surface area contributed by atoms with Crippen molar-refractivity contribution in [3.05, 3.63) is 60.8 Å². The van der Waals surface area contributed by atoms with Crippen LogP contribution in [0.3, 0.4) is 0 Å². The number of carbonyl (C=O) groups excluding carboxylic acids is 2. The summed E-state index contributed by atoms with van der Waals surface area (Å²) < 4.78 is 32.2. The van der Waals surface area contributed by atoms with Crippen molar-refractivity contribution in [1.29, 1.82) is 0 Å². The van der Waals surface area contributed by atoms with Gasteiger partial charge in [0.1, 0.15) is 12.2 Å². The Labute approximate surface area is 289 Å². The van der Waals surface area contributed by atoms with E-state index in [1.54, 1.807) is 6.08 Å². The molecule has 0 aromatic heterocycles. The average Bonchev–Trinajstić information content (AvgIpc) is 3.07. The Morgan fingerprint density at radius 1 is 0.583 bits per heavy atom. The zero-order chi connectivity index (χ0) is 35.6. The Morgan fingerprint density at radius 3 is 1.42 bits per heavy atom. The Morgan fingerprint density at radius 2 is 0.979 bits per heavy atom. The quantitative estimate of drug-likeness (QED) is 0.0271. The van der Waals surface area contributed by atoms with E-state index in [1.807, 2.05) is 18.2 Å². The zero-order valence-electron chi connectivity index (χ0n) is 29.4. The van der Waals surface area contributed by atoms with Gasteiger partial charge in [-0.3, -0.25) is 18.6 Å². The molecule has 0 amide bonds. The number of hydrogen-bond acceptors (Lipinski definition) is 9. The van der Waals surface area contributed by atoms with Crippen LogP contribution in [0.5, 0.6) is 0 Å². The molecule has 276 valence electrons. The minimum absolute atomic E-state index is 0.0417. The van der Waals surface area contributed by atoms with Crippen molar-refractivity contribution in [2.24, 2.45) is 0 Å². The number of aliphatic hydroxyl groups is 2. The third-order valence-electron chi connectivity index (χ3n) is 7.03. The summed E-state index contributed by atoms with van der Waals surface area (Å²) in [6.45, 7) is 1.92. The molecular formula is C37H63O10P. The van der Waals surface area contributed by atoms with Crippen LogP contribution in [0.25, 0.3) is 0 Å². The Hall–Kier alpha value is -2.33. The normalized spacial score (nSPS) is 14.9. The lowest BCUT2D eigenvalue weighted by molar-refractivity contribution is -0.153. The van der Waals surface area contributed by atoms with E-state index < -0.39 is 58.4 Å². The summed E-state index contributed by atoms with van der Waals surface area (Å²) in [5, 5.41) is 19.0. The van der Waals surface area contributed by atoms with Crippen LogP contribution < -0.4 is 0 Å². The Balaban J connectivity index is 4.16. The molecule has 0 fully saturated rings. The fourth-order valence-corrected chi connectivity index (χ4v) is 5.09. The molecule has 0 radical (unpaired) electrons. The van der Waals surface area contributed by atoms with E-state index in [2.05, 4.69) is 50.3 Å². The third-order valence-corrected chi connectivity index (χ3v) is 7.98. The first-order valence-electron chi connectivity index (χ1n) is 17.7. The molecule has 0 spiro atoms. The highest BCUT2D eigenvalue weighted by molar-refractivity contribution is 7.47. The van der Waals surface area contributed by atoms with Crippen LogP contribution in [-0.4, -0.2) is 65.7 Å². The standard InChI is InChI=1S/C37H63O10P/c1-3-5-7-9-11-13-15-16-17-18-19-21-23-25-27-29-37(41)47-35(31-39)33-45-48(42,43)44-32-34(30-38)46-36(40)28-26-24-22-20-14-12-10-8-6-4-2/h5,7,11,13,16-17,19,21,25,27,34-35,38-39H,3-4,6,8-10,12,14-15,18,20,22-24,26,28-33H2,1-2H3,(H,42,43)/b7-5-,13-11-,17-16-,21-19-,27-25-. The number of esters is 2. The molecule has 0 aliphatic carbocycles. The molecule has 10 nitrogen and oxygen atoms in total. The summed E-state index contributed by atoms with van der Waals surface area (Å²) in [5.74, 6) is -1.16. The van der Waals surface area contributed by atoms with Crippen LogP contribution >= 0.6 is 7.82 Å². The largest absolute Gasteiger partial charge is 0.472 e. The first-order chi connectivity index (χ1) is 23.3. The molecule has 0 aliphatic heterocycles. The summed E-state index contributed by atoms with van der Waals surface area (Å²) in [7, 11) is -4.65. The first-order valence-corrected chi connectivity index (χ1v) is 19.2. The van der Waals surface area contributed by atoms with Gasteiger partial charge in [0.15, 0.2) is 0 Å². The summed E-state index contributed by atoms with van der Waals surface area (Å²) >= 11 is 0. The molecular weight excluding hydrogens is 635 g/mol. The second kappa shape index (κ2) is 33.2. The van der Waals surface area contributed by atoms with Crippen LogP contribution in [-0.2, 0) is 32.7 Å². The number of rotatable bonds is 32. The number of phosphoric acid groups is 1. The third kappa shape index (κ3) is 31.0. The molecule has 0 aromatic rings. The molecule has 3 atom stereocenters. The van der Waals surface area contributed by atoms with Crippen molar-refractivity contribution in [2.45, 2.75) is 135 Å². The van der Waals surface area contributed by atoms with Gasteiger partial charge in [0.2, 0.25) is 0 Å². The van der Waals surface area contributed by atoms with Crippen LogP contribution in [0, 0.1) is 0 Å². The molecule has 0 rings (SSSR count). The maximum atomic E-state index is 12.3. The van der Waals surface area contributed by atoms with Gasteiger partial charge in [-0.05, 0) is 38.5 Å². The van der Waals surface area contributed by atoms with Crippen molar-refractivity contribution in [3.8, 4) is 0 Å². The van der Waals surface area contributed by atoms with Gasteiger partial charge < -0.3 is 24.6 Å². The van der Waals surface area contributed by atoms with Crippen molar-refractivity contribution < 1.29 is 47.8 Å². The molecule has 0 aliphatic rings. The lowest BCUT2D eigenvalue weighted by Crippen LogP contribution is -2.28. The summed E-state index contributed by atoms with van der Waals surface area (Å²) in [4.78, 5) is 34.2. The van der Waals surface area contributed by atoms with E-state index in [-0.39, 0.29) is 12.8 Å². The first kappa shape index (κ1) is 45.7. The van der Waals surface area contributed by atoms with Gasteiger partial charge >= 0.3 is 19.8 Å². The summed E-state index contributed by atoms with van der Waals surface area (Å²) in [6.07, 6.45) is 33.8. The van der Waals surface area contributed by atoms with Crippen molar-refractivity contribution in [1.82, 2.24) is 0 Å². The second-order valence-corrected chi connectivity index (χ2v) is 12.9. The van der Waals surface area contributed by atoms with Gasteiger partial charge in [-0.15, -0.1) is 0 Å². The van der Waals surface area contributed by atoms with Crippen LogP contribution in [0.1, 0.15) is 123 Å². The van der Waals surface area contributed by atoms with Crippen molar-refractivity contribution in [2.75, 3.05) is 26.4 Å². The Kier molecular flexibility index (Phi) is 31.6. The Bertz CT molecular complexity index is 989. The lowest BCUT2D eigenvalue weighted by atomic mass is 10.1. The predicted molar refractivity (Wildman–Crippen MR) is 191 cm³/mol. The molecule has 0 aromatic carbocycles. The van der Waals surface area contributed by atoms with Gasteiger partial charge in [-0.25, -0.2) is 4.57 Å². The number of allylic oxidation sites excluding steroid dienone is 9. The highest BCUT2D eigenvalue weighted by atomic mass is 31.2. The van der Waals surface area contributed by atoms with Gasteiger partial charge in [-0.2, -0.15) is 0 Å². The van der Waals surface area contributed by atoms with E-state index >= 15 is 0 Å². The smallest absolute Gasteiger partial charge is 0.457 e. The molecule has 0 bridgehead atoms. The van der Waals surface area contributed by atoms with Gasteiger partial charge in [0, 0.05) is 6.42 Å². The van der Waals surface area contributed by atoms with Crippen molar-refractivity contribution in [3.63, 3.8) is 0 Å². The van der Waals surface area contributed by atoms with E-state index in [4.69, 9.17) is 18.5 Å². The average molecular weight is 699 g/mol. The topological polar surface area (TPSA) is 149 Å². The predicted octanol–water partition coefficient (Wildman–Crippen LogP) is 8.38. The minimum atomic E-state index is -4.65. The number of hydrogen-bond donors (Lipinski definition) is 3. The van der Waals surface area contributed by atoms with Crippen molar-refractivity contribution >= 4 is 19.8 Å². The molecule has 0 saturated carbocycles. The SMILES string of the molecule is CC/C=C\C/C=C\C/C=C\C/C=C\C/C=C\CC(=O)OC(CO)COP(=O)(O)OCC(CO)OC(=O)CCCCCCCCCCCC. The van der Waals surface area contributed by atoms with Gasteiger partial charge in [0.25, 0.3) is 0 Å². The molecule has 48 heavy (non-hydrogen) atoms. The molecule has 0 heterocycles. The van der Waals surface area contributed by atoms with Crippen LogP contribution in [0.4, 0.5) is 0 Å². The lowest BCUT2D eigenvalue weighted by Gasteiger charge is -2.20. The monoisotopic (exact) mass is 698 g/mol. The van der Waals surface area contributed by atoms with E-state index in [0.717, 1.165) is 44.9 Å². The highest BCUT2D eigenvalue weighted by Gasteiger charge is 2.27. The number of unbranched alkanes of at least 4 members (excludes halogenated alkanes) is 9. The number of phosphoric ester groups is 1. The molecule has 3 N–H and O–H groups in total. The van der Waals surface area contributed by atoms with Crippen LogP contribution in [0.15, 0.2) is 60.8 Å². The van der Waals surface area contributed by atoms with Gasteiger partial charge in [0.05, 0.1) is 32.8 Å². The van der Waals surface area contributed by atoms with Gasteiger partial charge in [-0.1, -0.05) is 132 Å². The molecule has 11 heteroatoms. The zero-order valence-corrected chi connectivity index (χ0v) is 30.3. The minimum Gasteiger partial charge on any atom is -0.457 e. The van der Waals surface area contributed by atoms with E-state index in [9.17, 15) is 29.3 Å². The molecule has 0 saturated heterocycles. The summed E-state index contributed by atoms with van der Waals surface area (Å²) in [5.41, 5.74) is 0.